The molecule has 0 amide bonds. The van der Waals surface area contributed by atoms with Gasteiger partial charge in [0, 0.05) is 11.1 Å². The highest BCUT2D eigenvalue weighted by atomic mass is 32.2. The molecule has 3 heteroatoms. The Balaban J connectivity index is 2.49. The van der Waals surface area contributed by atoms with Crippen LogP contribution in [0.1, 0.15) is 10.7 Å². The monoisotopic (exact) mass is 171 g/mol. The SMILES string of the molecule is C=CSCc1csc(C)n1. The van der Waals surface area contributed by atoms with Gasteiger partial charge in [-0.1, -0.05) is 6.58 Å². The second-order valence-electron chi connectivity index (χ2n) is 1.84. The molecule has 1 rings (SSSR count). The maximum Gasteiger partial charge on any atom is 0.0897 e. The second kappa shape index (κ2) is 3.78. The zero-order valence-corrected chi connectivity index (χ0v) is 7.47. The number of hydrogen-bond donors (Lipinski definition) is 0. The van der Waals surface area contributed by atoms with E-state index in [2.05, 4.69) is 16.9 Å². The Hall–Kier alpha value is -0.280. The first kappa shape index (κ1) is 7.82. The van der Waals surface area contributed by atoms with Gasteiger partial charge >= 0.3 is 0 Å². The molecule has 0 fully saturated rings. The van der Waals surface area contributed by atoms with E-state index >= 15 is 0 Å². The fourth-order valence-corrected chi connectivity index (χ4v) is 1.77. The van der Waals surface area contributed by atoms with Crippen LogP contribution >= 0.6 is 23.1 Å². The van der Waals surface area contributed by atoms with E-state index in [0.29, 0.717) is 0 Å². The highest BCUT2D eigenvalue weighted by Gasteiger charge is 1.94. The zero-order valence-electron chi connectivity index (χ0n) is 5.83. The Morgan fingerprint density at radius 3 is 3.20 bits per heavy atom. The van der Waals surface area contributed by atoms with Crippen LogP contribution in [0.25, 0.3) is 0 Å². The van der Waals surface area contributed by atoms with Crippen LogP contribution in [0.15, 0.2) is 17.4 Å². The van der Waals surface area contributed by atoms with E-state index in [0.717, 1.165) is 16.5 Å². The number of thioether (sulfide) groups is 1. The topological polar surface area (TPSA) is 12.9 Å². The van der Waals surface area contributed by atoms with Gasteiger partial charge in [-0.05, 0) is 12.3 Å². The van der Waals surface area contributed by atoms with Crippen molar-refractivity contribution < 1.29 is 0 Å². The molecule has 0 N–H and O–H groups in total. The van der Waals surface area contributed by atoms with Gasteiger partial charge in [0.1, 0.15) is 0 Å². The fourth-order valence-electron chi connectivity index (χ4n) is 0.619. The number of aryl methyl sites for hydroxylation is 1. The van der Waals surface area contributed by atoms with E-state index in [9.17, 15) is 0 Å². The smallest absolute Gasteiger partial charge is 0.0897 e. The minimum Gasteiger partial charge on any atom is -0.246 e. The van der Waals surface area contributed by atoms with Crippen LogP contribution in [-0.4, -0.2) is 4.98 Å². The van der Waals surface area contributed by atoms with Crippen LogP contribution in [0.3, 0.4) is 0 Å². The molecule has 0 aliphatic rings. The third-order valence-electron chi connectivity index (χ3n) is 1.02. The molecule has 0 aliphatic carbocycles. The Bertz CT molecular complexity index is 217. The van der Waals surface area contributed by atoms with Gasteiger partial charge in [-0.25, -0.2) is 4.98 Å². The molecule has 0 unspecified atom stereocenters. The van der Waals surface area contributed by atoms with Gasteiger partial charge in [-0.3, -0.25) is 0 Å². The third-order valence-corrected chi connectivity index (χ3v) is 2.54. The first-order chi connectivity index (χ1) is 4.83. The summed E-state index contributed by atoms with van der Waals surface area (Å²) in [4.78, 5) is 4.30. The first-order valence-corrected chi connectivity index (χ1v) is 4.89. The lowest BCUT2D eigenvalue weighted by atomic mass is 10.6. The van der Waals surface area contributed by atoms with E-state index in [1.807, 2.05) is 12.3 Å². The highest BCUT2D eigenvalue weighted by Crippen LogP contribution is 2.14. The van der Waals surface area contributed by atoms with Crippen molar-refractivity contribution in [3.63, 3.8) is 0 Å². The van der Waals surface area contributed by atoms with Crippen molar-refractivity contribution >= 4 is 23.1 Å². The molecule has 0 radical (unpaired) electrons. The first-order valence-electron chi connectivity index (χ1n) is 2.96. The molecule has 10 heavy (non-hydrogen) atoms. The summed E-state index contributed by atoms with van der Waals surface area (Å²) in [5.74, 6) is 0.952. The Morgan fingerprint density at radius 2 is 2.70 bits per heavy atom. The minimum absolute atomic E-state index is 0.952. The average molecular weight is 171 g/mol. The summed E-state index contributed by atoms with van der Waals surface area (Å²) < 4.78 is 0. The van der Waals surface area contributed by atoms with E-state index in [4.69, 9.17) is 0 Å². The molecule has 0 atom stereocenters. The number of thiazole rings is 1. The predicted octanol–water partition coefficient (Wildman–Crippen LogP) is 2.83. The summed E-state index contributed by atoms with van der Waals surface area (Å²) in [6.45, 7) is 5.64. The highest BCUT2D eigenvalue weighted by molar-refractivity contribution is 8.01. The Labute approximate surface area is 69.2 Å². The number of rotatable bonds is 3. The molecule has 54 valence electrons. The lowest BCUT2D eigenvalue weighted by Gasteiger charge is -1.87. The summed E-state index contributed by atoms with van der Waals surface area (Å²) in [7, 11) is 0. The standard InChI is InChI=1S/C7H9NS2/c1-3-9-4-7-5-10-6(2)8-7/h3,5H,1,4H2,2H3. The van der Waals surface area contributed by atoms with Gasteiger partial charge < -0.3 is 0 Å². The molecular weight excluding hydrogens is 162 g/mol. The quantitative estimate of drug-likeness (QED) is 0.693. The van der Waals surface area contributed by atoms with Gasteiger partial charge in [0.25, 0.3) is 0 Å². The van der Waals surface area contributed by atoms with E-state index in [-0.39, 0.29) is 0 Å². The second-order valence-corrected chi connectivity index (χ2v) is 3.85. The largest absolute Gasteiger partial charge is 0.246 e. The van der Waals surface area contributed by atoms with Crippen molar-refractivity contribution in [2.45, 2.75) is 12.7 Å². The fraction of sp³-hybridized carbons (Fsp3) is 0.286. The molecule has 1 aromatic rings. The van der Waals surface area contributed by atoms with Crippen molar-refractivity contribution in [3.05, 3.63) is 28.1 Å². The van der Waals surface area contributed by atoms with E-state index in [1.54, 1.807) is 23.1 Å². The number of hydrogen-bond acceptors (Lipinski definition) is 3. The molecule has 0 saturated carbocycles. The molecule has 1 aromatic heterocycles. The lowest BCUT2D eigenvalue weighted by molar-refractivity contribution is 1.18. The van der Waals surface area contributed by atoms with Crippen LogP contribution in [0.2, 0.25) is 0 Å². The summed E-state index contributed by atoms with van der Waals surface area (Å²) in [5.41, 5.74) is 1.16. The zero-order chi connectivity index (χ0) is 7.40. The number of aromatic nitrogens is 1. The number of nitrogens with zero attached hydrogens (tertiary/aromatic N) is 1. The molecule has 0 saturated heterocycles. The lowest BCUT2D eigenvalue weighted by Crippen LogP contribution is -1.77. The normalized spacial score (nSPS) is 9.70. The van der Waals surface area contributed by atoms with Crippen molar-refractivity contribution in [1.29, 1.82) is 0 Å². The van der Waals surface area contributed by atoms with Crippen molar-refractivity contribution in [1.82, 2.24) is 4.98 Å². The van der Waals surface area contributed by atoms with Gasteiger partial charge in [-0.2, -0.15) is 0 Å². The van der Waals surface area contributed by atoms with E-state index in [1.165, 1.54) is 0 Å². The average Bonchev–Trinajstić information content (AvgIpc) is 2.31. The molecule has 0 aromatic carbocycles. The maximum atomic E-state index is 4.30. The van der Waals surface area contributed by atoms with Crippen LogP contribution in [0, 0.1) is 6.92 Å². The van der Waals surface area contributed by atoms with Crippen molar-refractivity contribution in [2.24, 2.45) is 0 Å². The molecule has 0 spiro atoms. The molecule has 1 heterocycles. The summed E-state index contributed by atoms with van der Waals surface area (Å²) in [6.07, 6.45) is 0. The Morgan fingerprint density at radius 1 is 1.90 bits per heavy atom. The maximum absolute atomic E-state index is 4.30. The minimum atomic E-state index is 0.952. The molecular formula is C7H9NS2. The van der Waals surface area contributed by atoms with Gasteiger partial charge in [-0.15, -0.1) is 23.1 Å². The van der Waals surface area contributed by atoms with E-state index < -0.39 is 0 Å². The van der Waals surface area contributed by atoms with Crippen molar-refractivity contribution in [2.75, 3.05) is 0 Å². The van der Waals surface area contributed by atoms with Gasteiger partial charge in [0.15, 0.2) is 0 Å². The van der Waals surface area contributed by atoms with Crippen LogP contribution in [0.4, 0.5) is 0 Å². The third kappa shape index (κ3) is 2.15. The summed E-state index contributed by atoms with van der Waals surface area (Å²) in [6, 6.07) is 0. The summed E-state index contributed by atoms with van der Waals surface area (Å²) >= 11 is 3.38. The van der Waals surface area contributed by atoms with Crippen LogP contribution < -0.4 is 0 Å². The van der Waals surface area contributed by atoms with Gasteiger partial charge in [0.05, 0.1) is 10.7 Å². The predicted molar refractivity (Wildman–Crippen MR) is 48.3 cm³/mol. The van der Waals surface area contributed by atoms with Crippen LogP contribution in [-0.2, 0) is 5.75 Å². The Kier molecular flexibility index (Phi) is 2.96. The molecule has 1 nitrogen and oxygen atoms in total. The van der Waals surface area contributed by atoms with Gasteiger partial charge in [0.2, 0.25) is 0 Å². The molecule has 0 bridgehead atoms. The molecule has 0 aliphatic heterocycles. The van der Waals surface area contributed by atoms with Crippen LogP contribution in [0.5, 0.6) is 0 Å². The summed E-state index contributed by atoms with van der Waals surface area (Å²) in [5, 5.41) is 5.07. The van der Waals surface area contributed by atoms with Crippen molar-refractivity contribution in [3.8, 4) is 0 Å².